The van der Waals surface area contributed by atoms with E-state index in [0.717, 1.165) is 28.9 Å². The maximum Gasteiger partial charge on any atom is 0.418 e. The third kappa shape index (κ3) is 4.71. The quantitative estimate of drug-likeness (QED) is 0.570. The van der Waals surface area contributed by atoms with Crippen molar-refractivity contribution in [2.75, 3.05) is 11.9 Å². The number of fused-ring (bicyclic) bond motifs is 2. The molecule has 0 aromatic heterocycles. The lowest BCUT2D eigenvalue weighted by Crippen LogP contribution is -2.47. The first-order valence-corrected chi connectivity index (χ1v) is 12.8. The second-order valence-corrected chi connectivity index (χ2v) is 10.3. The van der Waals surface area contributed by atoms with E-state index in [1.54, 1.807) is 30.0 Å². The molecule has 1 unspecified atom stereocenters. The molecule has 0 bridgehead atoms. The zero-order valence-electron chi connectivity index (χ0n) is 21.1. The molecule has 1 saturated carbocycles. The van der Waals surface area contributed by atoms with E-state index in [1.165, 1.54) is 0 Å². The number of anilines is 1. The van der Waals surface area contributed by atoms with Crippen molar-refractivity contribution in [2.24, 2.45) is 11.7 Å². The van der Waals surface area contributed by atoms with Gasteiger partial charge in [0.05, 0.1) is 6.04 Å². The summed E-state index contributed by atoms with van der Waals surface area (Å²) < 4.78 is 5.70. The zero-order valence-corrected chi connectivity index (χ0v) is 21.1. The Balaban J connectivity index is 1.34. The molecule has 9 heteroatoms. The number of imide groups is 1. The van der Waals surface area contributed by atoms with Crippen molar-refractivity contribution in [3.05, 3.63) is 65.2 Å². The van der Waals surface area contributed by atoms with E-state index in [0.29, 0.717) is 30.1 Å². The maximum absolute atomic E-state index is 13.6. The fourth-order valence-electron chi connectivity index (χ4n) is 5.29. The molecule has 194 valence electrons. The minimum atomic E-state index is -1.44. The molecule has 2 fully saturated rings. The SMILES string of the molecule is C[C@@H](N)C(=O)Nc1ccc2c(c1)CCC21OC(=O)N(CC(=O)N(Cc2ccccc2)[C@@H](C)C2CC2)C1=O. The molecule has 0 radical (unpaired) electrons. The normalized spacial score (nSPS) is 22.0. The van der Waals surface area contributed by atoms with Crippen LogP contribution in [0.1, 0.15) is 49.8 Å². The third-order valence-electron chi connectivity index (χ3n) is 7.65. The number of nitrogens with two attached hydrogens (primary N) is 1. The van der Waals surface area contributed by atoms with Crippen LogP contribution in [-0.4, -0.2) is 52.2 Å². The molecule has 2 aromatic rings. The highest BCUT2D eigenvalue weighted by Gasteiger charge is 2.58. The number of aryl methyl sites for hydroxylation is 1. The molecule has 9 nitrogen and oxygen atoms in total. The van der Waals surface area contributed by atoms with Gasteiger partial charge < -0.3 is 20.7 Å². The number of ether oxygens (including phenoxy) is 1. The van der Waals surface area contributed by atoms with E-state index in [4.69, 9.17) is 10.5 Å². The van der Waals surface area contributed by atoms with Gasteiger partial charge in [-0.05, 0) is 62.3 Å². The molecule has 5 rings (SSSR count). The van der Waals surface area contributed by atoms with Crippen LogP contribution in [0.25, 0.3) is 0 Å². The van der Waals surface area contributed by atoms with Gasteiger partial charge in [0, 0.05) is 30.3 Å². The Labute approximate surface area is 215 Å². The molecular formula is C28H32N4O5. The van der Waals surface area contributed by atoms with Crippen LogP contribution in [0.5, 0.6) is 0 Å². The van der Waals surface area contributed by atoms with E-state index >= 15 is 0 Å². The average molecular weight is 505 g/mol. The maximum atomic E-state index is 13.6. The molecule has 3 N–H and O–H groups in total. The predicted octanol–water partition coefficient (Wildman–Crippen LogP) is 2.92. The van der Waals surface area contributed by atoms with Crippen LogP contribution < -0.4 is 11.1 Å². The largest absolute Gasteiger partial charge is 0.427 e. The summed E-state index contributed by atoms with van der Waals surface area (Å²) in [4.78, 5) is 54.7. The van der Waals surface area contributed by atoms with Crippen LogP contribution in [0, 0.1) is 5.92 Å². The summed E-state index contributed by atoms with van der Waals surface area (Å²) in [5, 5.41) is 2.74. The fourth-order valence-corrected chi connectivity index (χ4v) is 5.29. The molecule has 3 aliphatic rings. The number of amides is 4. The number of hydrogen-bond donors (Lipinski definition) is 2. The van der Waals surface area contributed by atoms with Crippen LogP contribution in [0.4, 0.5) is 10.5 Å². The number of hydrogen-bond acceptors (Lipinski definition) is 6. The molecule has 37 heavy (non-hydrogen) atoms. The number of nitrogens with one attached hydrogen (secondary N) is 1. The topological polar surface area (TPSA) is 122 Å². The molecule has 1 saturated heterocycles. The Morgan fingerprint density at radius 3 is 2.57 bits per heavy atom. The van der Waals surface area contributed by atoms with Crippen molar-refractivity contribution in [1.82, 2.24) is 9.80 Å². The molecule has 2 aromatic carbocycles. The Morgan fingerprint density at radius 1 is 1.16 bits per heavy atom. The minimum Gasteiger partial charge on any atom is -0.427 e. The summed E-state index contributed by atoms with van der Waals surface area (Å²) in [6.45, 7) is 3.68. The average Bonchev–Trinajstić information content (AvgIpc) is 3.63. The summed E-state index contributed by atoms with van der Waals surface area (Å²) in [5.41, 5.74) is 7.14. The smallest absolute Gasteiger partial charge is 0.418 e. The van der Waals surface area contributed by atoms with Crippen molar-refractivity contribution >= 4 is 29.5 Å². The minimum absolute atomic E-state index is 0.00692. The summed E-state index contributed by atoms with van der Waals surface area (Å²) in [6, 6.07) is 14.2. The second kappa shape index (κ2) is 9.63. The summed E-state index contributed by atoms with van der Waals surface area (Å²) >= 11 is 0. The molecule has 3 atom stereocenters. The van der Waals surface area contributed by atoms with Crippen molar-refractivity contribution in [2.45, 2.75) is 63.8 Å². The van der Waals surface area contributed by atoms with E-state index in [-0.39, 0.29) is 30.8 Å². The molecular weight excluding hydrogens is 472 g/mol. The van der Waals surface area contributed by atoms with Gasteiger partial charge in [0.2, 0.25) is 17.4 Å². The van der Waals surface area contributed by atoms with E-state index in [1.807, 2.05) is 37.3 Å². The number of carbonyl (C=O) groups excluding carboxylic acids is 4. The van der Waals surface area contributed by atoms with Gasteiger partial charge in [0.15, 0.2) is 0 Å². The van der Waals surface area contributed by atoms with Crippen molar-refractivity contribution in [1.29, 1.82) is 0 Å². The molecule has 1 spiro atoms. The van der Waals surface area contributed by atoms with Crippen molar-refractivity contribution in [3.8, 4) is 0 Å². The summed E-state index contributed by atoms with van der Waals surface area (Å²) in [7, 11) is 0. The molecule has 4 amide bonds. The standard InChI is InChI=1S/C28H32N4O5/c1-17(29)25(34)30-22-10-11-23-21(14-22)12-13-28(23)26(35)32(27(36)37-28)16-24(33)31(18(2)20-8-9-20)15-19-6-4-3-5-7-19/h3-7,10-11,14,17-18,20H,8-9,12-13,15-16,29H2,1-2H3,(H,30,34)/t17-,18+,28?/m1/s1. The van der Waals surface area contributed by atoms with Gasteiger partial charge in [0.1, 0.15) is 6.54 Å². The third-order valence-corrected chi connectivity index (χ3v) is 7.65. The monoisotopic (exact) mass is 504 g/mol. The molecule has 1 heterocycles. The zero-order chi connectivity index (χ0) is 26.3. The lowest BCUT2D eigenvalue weighted by molar-refractivity contribution is -0.143. The van der Waals surface area contributed by atoms with Gasteiger partial charge >= 0.3 is 6.09 Å². The number of benzene rings is 2. The van der Waals surface area contributed by atoms with Crippen LogP contribution in [0.3, 0.4) is 0 Å². The summed E-state index contributed by atoms with van der Waals surface area (Å²) in [6.07, 6.45) is 2.11. The molecule has 1 aliphatic heterocycles. The van der Waals surface area contributed by atoms with E-state index in [9.17, 15) is 19.2 Å². The predicted molar refractivity (Wildman–Crippen MR) is 136 cm³/mol. The van der Waals surface area contributed by atoms with Gasteiger partial charge in [-0.25, -0.2) is 9.69 Å². The lowest BCUT2D eigenvalue weighted by atomic mass is 9.94. The van der Waals surface area contributed by atoms with Gasteiger partial charge in [0.25, 0.3) is 5.91 Å². The number of nitrogens with zero attached hydrogens (tertiary/aromatic N) is 2. The first-order valence-electron chi connectivity index (χ1n) is 12.8. The number of carbonyl (C=O) groups is 4. The van der Waals surface area contributed by atoms with Crippen LogP contribution in [0.15, 0.2) is 48.5 Å². The second-order valence-electron chi connectivity index (χ2n) is 10.3. The lowest BCUT2D eigenvalue weighted by Gasteiger charge is -2.30. The van der Waals surface area contributed by atoms with Crippen LogP contribution >= 0.6 is 0 Å². The van der Waals surface area contributed by atoms with Crippen LogP contribution in [0.2, 0.25) is 0 Å². The van der Waals surface area contributed by atoms with E-state index in [2.05, 4.69) is 5.32 Å². The Hall–Kier alpha value is -3.72. The van der Waals surface area contributed by atoms with Gasteiger partial charge in [-0.2, -0.15) is 0 Å². The van der Waals surface area contributed by atoms with Crippen molar-refractivity contribution in [3.63, 3.8) is 0 Å². The Bertz CT molecular complexity index is 1240. The van der Waals surface area contributed by atoms with Gasteiger partial charge in [-0.3, -0.25) is 14.4 Å². The number of rotatable bonds is 8. The Kier molecular flexibility index (Phi) is 6.49. The fraction of sp³-hybridized carbons (Fsp3) is 0.429. The van der Waals surface area contributed by atoms with Crippen LogP contribution in [-0.2, 0) is 37.7 Å². The highest BCUT2D eigenvalue weighted by molar-refractivity contribution is 6.06. The summed E-state index contributed by atoms with van der Waals surface area (Å²) in [5.74, 6) is -0.686. The highest BCUT2D eigenvalue weighted by atomic mass is 16.6. The molecule has 2 aliphatic carbocycles. The van der Waals surface area contributed by atoms with Crippen molar-refractivity contribution < 1.29 is 23.9 Å². The van der Waals surface area contributed by atoms with Gasteiger partial charge in [-0.15, -0.1) is 0 Å². The first kappa shape index (κ1) is 25.0. The highest BCUT2D eigenvalue weighted by Crippen LogP contribution is 2.46. The van der Waals surface area contributed by atoms with E-state index < -0.39 is 23.6 Å². The van der Waals surface area contributed by atoms with Gasteiger partial charge in [-0.1, -0.05) is 36.4 Å². The first-order chi connectivity index (χ1) is 17.7. The Morgan fingerprint density at radius 2 is 1.89 bits per heavy atom.